The fourth-order valence-corrected chi connectivity index (χ4v) is 6.39. The fourth-order valence-electron chi connectivity index (χ4n) is 5.60. The average Bonchev–Trinajstić information content (AvgIpc) is 3.16. The van der Waals surface area contributed by atoms with Crippen molar-refractivity contribution in [2.24, 2.45) is 5.92 Å². The maximum absolute atomic E-state index is 12.6. The fraction of sp³-hybridized carbons (Fsp3) is 0.773. The number of aliphatic hydroxyl groups is 3. The van der Waals surface area contributed by atoms with Crippen LogP contribution in [-0.2, 0) is 32.7 Å². The minimum atomic E-state index is -4.65. The molecule has 0 bridgehead atoms. The van der Waals surface area contributed by atoms with Gasteiger partial charge in [0.2, 0.25) is 0 Å². The molecule has 4 N–H and O–H groups in total. The molecule has 0 aromatic rings. The molecule has 2 unspecified atom stereocenters. The van der Waals surface area contributed by atoms with Gasteiger partial charge in [-0.1, -0.05) is 159 Å². The summed E-state index contributed by atoms with van der Waals surface area (Å²) < 4.78 is 32.6. The van der Waals surface area contributed by atoms with Gasteiger partial charge in [-0.15, -0.1) is 0 Å². The Morgan fingerprint density at radius 2 is 1.25 bits per heavy atom. The molecular weight excluding hydrogens is 735 g/mol. The number of allylic oxidation sites excluding steroid dienone is 6. The molecule has 56 heavy (non-hydrogen) atoms. The summed E-state index contributed by atoms with van der Waals surface area (Å²) in [5.74, 6) is -0.253. The lowest BCUT2D eigenvalue weighted by molar-refractivity contribution is -0.161. The molecule has 0 aromatic heterocycles. The molecule has 4 atom stereocenters. The smallest absolute Gasteiger partial charge is 0.462 e. The summed E-state index contributed by atoms with van der Waals surface area (Å²) >= 11 is 0. The van der Waals surface area contributed by atoms with Gasteiger partial charge >= 0.3 is 19.8 Å². The van der Waals surface area contributed by atoms with E-state index in [9.17, 15) is 29.3 Å². The van der Waals surface area contributed by atoms with Crippen LogP contribution in [0.5, 0.6) is 0 Å². The van der Waals surface area contributed by atoms with Gasteiger partial charge in [0.25, 0.3) is 0 Å². The number of unbranched alkanes of at least 4 members (excludes halogenated alkanes) is 15. The minimum Gasteiger partial charge on any atom is -0.462 e. The van der Waals surface area contributed by atoms with Crippen molar-refractivity contribution >= 4 is 19.8 Å². The second kappa shape index (κ2) is 38.4. The van der Waals surface area contributed by atoms with Gasteiger partial charge < -0.3 is 29.7 Å². The van der Waals surface area contributed by atoms with Crippen molar-refractivity contribution in [3.05, 3.63) is 48.6 Å². The number of carbonyl (C=O) groups is 2. The molecule has 0 aliphatic rings. The zero-order chi connectivity index (χ0) is 41.5. The van der Waals surface area contributed by atoms with E-state index in [-0.39, 0.29) is 19.4 Å². The summed E-state index contributed by atoms with van der Waals surface area (Å²) in [6, 6.07) is 0. The van der Waals surface area contributed by atoms with Crippen molar-refractivity contribution in [3.63, 3.8) is 0 Å². The van der Waals surface area contributed by atoms with E-state index in [4.69, 9.17) is 19.1 Å². The summed E-state index contributed by atoms with van der Waals surface area (Å²) in [4.78, 5) is 35.0. The van der Waals surface area contributed by atoms with E-state index in [1.165, 1.54) is 77.0 Å². The van der Waals surface area contributed by atoms with Crippen LogP contribution in [0.2, 0.25) is 0 Å². The van der Waals surface area contributed by atoms with E-state index in [1.54, 1.807) is 18.2 Å². The first kappa shape index (κ1) is 53.9. The Labute approximate surface area is 339 Å². The quantitative estimate of drug-likeness (QED) is 0.0153. The lowest BCUT2D eigenvalue weighted by Crippen LogP contribution is -2.29. The van der Waals surface area contributed by atoms with Gasteiger partial charge in [-0.2, -0.15) is 0 Å². The van der Waals surface area contributed by atoms with Gasteiger partial charge in [-0.3, -0.25) is 18.6 Å². The Morgan fingerprint density at radius 3 is 1.89 bits per heavy atom. The Morgan fingerprint density at radius 1 is 0.661 bits per heavy atom. The molecule has 12 heteroatoms. The third-order valence-electron chi connectivity index (χ3n) is 8.99. The number of phosphoric ester groups is 1. The monoisotopic (exact) mass is 815 g/mol. The molecule has 326 valence electrons. The molecule has 0 rings (SSSR count). The first-order chi connectivity index (χ1) is 27.0. The van der Waals surface area contributed by atoms with Crippen molar-refractivity contribution in [1.29, 1.82) is 0 Å². The number of phosphoric acid groups is 1. The summed E-state index contributed by atoms with van der Waals surface area (Å²) in [5, 5.41) is 28.4. The van der Waals surface area contributed by atoms with Crippen molar-refractivity contribution in [1.82, 2.24) is 0 Å². The average molecular weight is 815 g/mol. The number of esters is 2. The van der Waals surface area contributed by atoms with Crippen LogP contribution in [0.1, 0.15) is 168 Å². The van der Waals surface area contributed by atoms with Crippen molar-refractivity contribution in [2.45, 2.75) is 187 Å². The van der Waals surface area contributed by atoms with Gasteiger partial charge in [0.1, 0.15) is 12.7 Å². The second-order valence-corrected chi connectivity index (χ2v) is 16.5. The number of carbonyl (C=O) groups excluding carboxylic acids is 2. The molecule has 0 amide bonds. The van der Waals surface area contributed by atoms with Gasteiger partial charge in [0.15, 0.2) is 6.10 Å². The van der Waals surface area contributed by atoms with E-state index in [2.05, 4.69) is 37.4 Å². The largest absolute Gasteiger partial charge is 0.472 e. The Hall–Kier alpha value is -2.11. The van der Waals surface area contributed by atoms with Crippen molar-refractivity contribution in [2.75, 3.05) is 26.4 Å². The molecule has 0 saturated carbocycles. The van der Waals surface area contributed by atoms with Gasteiger partial charge in [0, 0.05) is 12.8 Å². The van der Waals surface area contributed by atoms with Crippen LogP contribution in [0.3, 0.4) is 0 Å². The SMILES string of the molecule is CCCCC/C=C\C/C=C\CC(O)/C=C\C=C\CCCC(=O)O[C@H](COC(=O)CCCCCCCCCCCCCCC(C)C)COP(=O)(O)OC[C@@H](O)CO. The van der Waals surface area contributed by atoms with Crippen LogP contribution in [0.25, 0.3) is 0 Å². The molecule has 11 nitrogen and oxygen atoms in total. The Balaban J connectivity index is 4.49. The van der Waals surface area contributed by atoms with E-state index < -0.39 is 57.9 Å². The molecule has 0 fully saturated rings. The zero-order valence-electron chi connectivity index (χ0n) is 35.1. The summed E-state index contributed by atoms with van der Waals surface area (Å²) in [7, 11) is -4.65. The van der Waals surface area contributed by atoms with Crippen LogP contribution in [0.4, 0.5) is 0 Å². The summed E-state index contributed by atoms with van der Waals surface area (Å²) in [6.45, 7) is 4.50. The third-order valence-corrected chi connectivity index (χ3v) is 9.95. The highest BCUT2D eigenvalue weighted by atomic mass is 31.2. The van der Waals surface area contributed by atoms with Crippen LogP contribution < -0.4 is 0 Å². The number of aliphatic hydroxyl groups excluding tert-OH is 3. The number of hydrogen-bond donors (Lipinski definition) is 4. The highest BCUT2D eigenvalue weighted by Crippen LogP contribution is 2.43. The van der Waals surface area contributed by atoms with E-state index >= 15 is 0 Å². The normalized spacial score (nSPS) is 15.0. The minimum absolute atomic E-state index is 0.0490. The number of rotatable bonds is 39. The topological polar surface area (TPSA) is 169 Å². The van der Waals surface area contributed by atoms with Crippen molar-refractivity contribution in [3.8, 4) is 0 Å². The second-order valence-electron chi connectivity index (χ2n) is 15.0. The van der Waals surface area contributed by atoms with E-state index in [1.807, 2.05) is 18.2 Å². The molecule has 0 aliphatic heterocycles. The predicted molar refractivity (Wildman–Crippen MR) is 225 cm³/mol. The molecule has 0 aromatic carbocycles. The number of hydrogen-bond acceptors (Lipinski definition) is 10. The molecule has 0 saturated heterocycles. The van der Waals surface area contributed by atoms with Crippen LogP contribution in [0, 0.1) is 5.92 Å². The zero-order valence-corrected chi connectivity index (χ0v) is 36.0. The first-order valence-electron chi connectivity index (χ1n) is 21.6. The molecular formula is C44H79O11P. The maximum atomic E-state index is 12.6. The maximum Gasteiger partial charge on any atom is 0.472 e. The summed E-state index contributed by atoms with van der Waals surface area (Å²) in [6.07, 6.45) is 35.4. The number of ether oxygens (including phenoxy) is 2. The lowest BCUT2D eigenvalue weighted by atomic mass is 10.0. The molecule has 0 heterocycles. The van der Waals surface area contributed by atoms with Gasteiger partial charge in [0.05, 0.1) is 25.9 Å². The molecule has 0 spiro atoms. The summed E-state index contributed by atoms with van der Waals surface area (Å²) in [5.41, 5.74) is 0. The lowest BCUT2D eigenvalue weighted by Gasteiger charge is -2.20. The highest BCUT2D eigenvalue weighted by Gasteiger charge is 2.27. The molecule has 0 radical (unpaired) electrons. The van der Waals surface area contributed by atoms with Crippen LogP contribution >= 0.6 is 7.82 Å². The Bertz CT molecular complexity index is 1100. The van der Waals surface area contributed by atoms with Crippen molar-refractivity contribution < 1.29 is 52.9 Å². The molecule has 0 aliphatic carbocycles. The standard InChI is InChI=1S/C44H79O11P/c1-4-5-6-7-8-13-17-21-26-31-40(46)32-27-22-19-24-29-34-44(49)55-42(38-54-56(50,51)53-36-41(47)35-45)37-52-43(48)33-28-23-18-15-12-10-9-11-14-16-20-25-30-39(2)3/h8,13,19,21-22,26-27,32,39-42,45-47H,4-7,9-12,14-18,20,23-25,28-31,33-38H2,1-3H3,(H,50,51)/b13-8-,22-19+,26-21-,32-27-/t40?,41-,42+/m0/s1. The van der Waals surface area contributed by atoms with E-state index in [0.29, 0.717) is 25.7 Å². The van der Waals surface area contributed by atoms with Gasteiger partial charge in [-0.05, 0) is 50.9 Å². The van der Waals surface area contributed by atoms with Crippen LogP contribution in [0.15, 0.2) is 48.6 Å². The first-order valence-corrected chi connectivity index (χ1v) is 23.1. The highest BCUT2D eigenvalue weighted by molar-refractivity contribution is 7.47. The predicted octanol–water partition coefficient (Wildman–Crippen LogP) is 10.2. The third kappa shape index (κ3) is 38.7. The van der Waals surface area contributed by atoms with E-state index in [0.717, 1.165) is 38.0 Å². The van der Waals surface area contributed by atoms with Crippen LogP contribution in [-0.4, -0.2) is 76.9 Å². The van der Waals surface area contributed by atoms with Gasteiger partial charge in [-0.25, -0.2) is 4.57 Å². The Kier molecular flexibility index (Phi) is 37.0.